The van der Waals surface area contributed by atoms with E-state index in [2.05, 4.69) is 0 Å². The van der Waals surface area contributed by atoms with Crippen LogP contribution < -0.4 is 0 Å². The molecule has 0 bridgehead atoms. The van der Waals surface area contributed by atoms with Crippen molar-refractivity contribution in [2.24, 2.45) is 11.8 Å². The van der Waals surface area contributed by atoms with E-state index >= 15 is 0 Å². The molecule has 3 nitrogen and oxygen atoms in total. The van der Waals surface area contributed by atoms with Crippen LogP contribution in [-0.4, -0.2) is 25.3 Å². The molecule has 1 aliphatic rings. The Labute approximate surface area is 131 Å². The van der Waals surface area contributed by atoms with Crippen LogP contribution in [-0.2, 0) is 15.9 Å². The molecule has 0 amide bonds. The minimum absolute atomic E-state index is 0.134. The van der Waals surface area contributed by atoms with E-state index in [0.717, 1.165) is 6.42 Å². The summed E-state index contributed by atoms with van der Waals surface area (Å²) in [5, 5.41) is 0. The fourth-order valence-corrected chi connectivity index (χ4v) is 5.07. The summed E-state index contributed by atoms with van der Waals surface area (Å²) in [7, 11) is -3.84. The first kappa shape index (κ1) is 16.7. The van der Waals surface area contributed by atoms with Crippen molar-refractivity contribution < 1.29 is 12.8 Å². The molecule has 2 rings (SSSR count). The number of rotatable bonds is 3. The van der Waals surface area contributed by atoms with Crippen molar-refractivity contribution in [3.05, 3.63) is 29.6 Å². The largest absolute Gasteiger partial charge is 0.246 e. The zero-order chi connectivity index (χ0) is 15.8. The van der Waals surface area contributed by atoms with E-state index in [-0.39, 0.29) is 28.7 Å². The summed E-state index contributed by atoms with van der Waals surface area (Å²) < 4.78 is 41.1. The topological polar surface area (TPSA) is 37.4 Å². The number of nitrogens with zero attached hydrogens (tertiary/aromatic N) is 1. The molecule has 0 saturated carbocycles. The molecular weight excluding hydrogens is 313 g/mol. The van der Waals surface area contributed by atoms with Crippen LogP contribution in [0.3, 0.4) is 0 Å². The van der Waals surface area contributed by atoms with Gasteiger partial charge in [-0.1, -0.05) is 19.9 Å². The Hall–Kier alpha value is -0.650. The molecule has 0 aliphatic carbocycles. The van der Waals surface area contributed by atoms with Crippen molar-refractivity contribution in [2.45, 2.75) is 44.0 Å². The van der Waals surface area contributed by atoms with E-state index in [0.29, 0.717) is 12.1 Å². The van der Waals surface area contributed by atoms with Gasteiger partial charge in [0.2, 0.25) is 10.0 Å². The molecule has 1 saturated heterocycles. The number of halogens is 2. The van der Waals surface area contributed by atoms with Gasteiger partial charge in [-0.2, -0.15) is 4.31 Å². The zero-order valence-electron chi connectivity index (χ0n) is 12.5. The second-order valence-electron chi connectivity index (χ2n) is 6.03. The summed E-state index contributed by atoms with van der Waals surface area (Å²) in [6.45, 7) is 6.38. The molecule has 118 valence electrons. The van der Waals surface area contributed by atoms with Gasteiger partial charge in [-0.15, -0.1) is 11.6 Å². The number of sulfonamides is 1. The lowest BCUT2D eigenvalue weighted by Gasteiger charge is -2.40. The van der Waals surface area contributed by atoms with E-state index < -0.39 is 15.8 Å². The highest BCUT2D eigenvalue weighted by molar-refractivity contribution is 7.89. The third-order valence-electron chi connectivity index (χ3n) is 4.28. The summed E-state index contributed by atoms with van der Waals surface area (Å²) in [5.74, 6) is -0.0412. The maximum atomic E-state index is 14.0. The van der Waals surface area contributed by atoms with E-state index in [1.807, 2.05) is 20.8 Å². The van der Waals surface area contributed by atoms with Gasteiger partial charge >= 0.3 is 0 Å². The van der Waals surface area contributed by atoms with Gasteiger partial charge in [-0.05, 0) is 42.9 Å². The van der Waals surface area contributed by atoms with Crippen LogP contribution in [0.4, 0.5) is 4.39 Å². The van der Waals surface area contributed by atoms with Crippen LogP contribution in [0.1, 0.15) is 32.8 Å². The number of hydrogen-bond acceptors (Lipinski definition) is 2. The van der Waals surface area contributed by atoms with Crippen LogP contribution in [0.25, 0.3) is 0 Å². The van der Waals surface area contributed by atoms with Crippen LogP contribution in [0.2, 0.25) is 0 Å². The van der Waals surface area contributed by atoms with Crippen LogP contribution in [0.15, 0.2) is 23.1 Å². The van der Waals surface area contributed by atoms with Crippen LogP contribution >= 0.6 is 11.6 Å². The lowest BCUT2D eigenvalue weighted by Crippen LogP contribution is -2.48. The maximum Gasteiger partial charge on any atom is 0.246 e. The predicted molar refractivity (Wildman–Crippen MR) is 82.3 cm³/mol. The molecule has 21 heavy (non-hydrogen) atoms. The smallest absolute Gasteiger partial charge is 0.207 e. The van der Waals surface area contributed by atoms with Gasteiger partial charge in [0, 0.05) is 18.5 Å². The Morgan fingerprint density at radius 3 is 2.62 bits per heavy atom. The molecule has 3 unspecified atom stereocenters. The van der Waals surface area contributed by atoms with Gasteiger partial charge in [0.25, 0.3) is 0 Å². The molecule has 6 heteroatoms. The molecular formula is C15H21ClFNO2S. The Morgan fingerprint density at radius 2 is 2.00 bits per heavy atom. The average Bonchev–Trinajstić information content (AvgIpc) is 2.43. The molecule has 1 aromatic rings. The van der Waals surface area contributed by atoms with Gasteiger partial charge in [-0.25, -0.2) is 12.8 Å². The Bertz CT molecular complexity index is 620. The van der Waals surface area contributed by atoms with Gasteiger partial charge in [-0.3, -0.25) is 0 Å². The Morgan fingerprint density at radius 1 is 1.33 bits per heavy atom. The van der Waals surface area contributed by atoms with E-state index in [4.69, 9.17) is 11.6 Å². The highest BCUT2D eigenvalue weighted by Crippen LogP contribution is 2.32. The fourth-order valence-electron chi connectivity index (χ4n) is 2.94. The number of hydrogen-bond donors (Lipinski definition) is 0. The highest BCUT2D eigenvalue weighted by atomic mass is 35.5. The van der Waals surface area contributed by atoms with Crippen molar-refractivity contribution in [1.82, 2.24) is 4.31 Å². The Balaban J connectivity index is 2.46. The second kappa shape index (κ2) is 6.23. The number of alkyl halides is 1. The third-order valence-corrected chi connectivity index (χ3v) is 6.56. The molecule has 1 heterocycles. The summed E-state index contributed by atoms with van der Waals surface area (Å²) in [6, 6.07) is 3.89. The average molecular weight is 334 g/mol. The lowest BCUT2D eigenvalue weighted by atomic mass is 9.88. The first-order valence-corrected chi connectivity index (χ1v) is 9.11. The molecule has 1 aromatic carbocycles. The SMILES string of the molecule is CC1CC(C)C(C)N(S(=O)(=O)c2cc(CCl)ccc2F)C1. The summed E-state index contributed by atoms with van der Waals surface area (Å²) >= 11 is 5.73. The number of benzene rings is 1. The molecule has 1 fully saturated rings. The quantitative estimate of drug-likeness (QED) is 0.792. The summed E-state index contributed by atoms with van der Waals surface area (Å²) in [6.07, 6.45) is 0.984. The standard InChI is InChI=1S/C15H21ClFNO2S/c1-10-6-11(2)12(3)18(9-10)21(19,20)15-7-13(8-16)4-5-14(15)17/h4-5,7,10-12H,6,8-9H2,1-3H3. The van der Waals surface area contributed by atoms with E-state index in [1.54, 1.807) is 0 Å². The lowest BCUT2D eigenvalue weighted by molar-refractivity contribution is 0.157. The van der Waals surface area contributed by atoms with Crippen molar-refractivity contribution >= 4 is 21.6 Å². The van der Waals surface area contributed by atoms with Crippen LogP contribution in [0.5, 0.6) is 0 Å². The molecule has 0 N–H and O–H groups in total. The zero-order valence-corrected chi connectivity index (χ0v) is 14.1. The van der Waals surface area contributed by atoms with Crippen molar-refractivity contribution in [3.8, 4) is 0 Å². The normalized spacial score (nSPS) is 27.8. The fraction of sp³-hybridized carbons (Fsp3) is 0.600. The van der Waals surface area contributed by atoms with Gasteiger partial charge in [0.05, 0.1) is 0 Å². The minimum Gasteiger partial charge on any atom is -0.207 e. The van der Waals surface area contributed by atoms with E-state index in [1.165, 1.54) is 22.5 Å². The Kier molecular flexibility index (Phi) is 4.96. The molecule has 1 aliphatic heterocycles. The summed E-state index contributed by atoms with van der Waals surface area (Å²) in [4.78, 5) is -0.270. The first-order chi connectivity index (χ1) is 9.77. The first-order valence-electron chi connectivity index (χ1n) is 7.13. The predicted octanol–water partition coefficient (Wildman–Crippen LogP) is 3.62. The second-order valence-corrected chi connectivity index (χ2v) is 8.16. The summed E-state index contributed by atoms with van der Waals surface area (Å²) in [5.41, 5.74) is 0.599. The number of piperidine rings is 1. The van der Waals surface area contributed by atoms with Crippen LogP contribution in [0, 0.1) is 17.7 Å². The third kappa shape index (κ3) is 3.25. The van der Waals surface area contributed by atoms with E-state index in [9.17, 15) is 12.8 Å². The van der Waals surface area contributed by atoms with Crippen molar-refractivity contribution in [1.29, 1.82) is 0 Å². The molecule has 0 aromatic heterocycles. The van der Waals surface area contributed by atoms with Crippen molar-refractivity contribution in [2.75, 3.05) is 6.54 Å². The highest BCUT2D eigenvalue weighted by Gasteiger charge is 2.38. The van der Waals surface area contributed by atoms with Crippen molar-refractivity contribution in [3.63, 3.8) is 0 Å². The van der Waals surface area contributed by atoms with Gasteiger partial charge in [0.1, 0.15) is 10.7 Å². The monoisotopic (exact) mass is 333 g/mol. The minimum atomic E-state index is -3.84. The van der Waals surface area contributed by atoms with Gasteiger partial charge in [0.15, 0.2) is 0 Å². The molecule has 3 atom stereocenters. The molecule has 0 radical (unpaired) electrons. The van der Waals surface area contributed by atoms with Gasteiger partial charge < -0.3 is 0 Å². The molecule has 0 spiro atoms. The maximum absolute atomic E-state index is 14.0.